The molecule has 0 aliphatic heterocycles. The van der Waals surface area contributed by atoms with Gasteiger partial charge >= 0.3 is 0 Å². The van der Waals surface area contributed by atoms with E-state index in [2.05, 4.69) is 4.98 Å². The molecule has 0 aliphatic rings. The fraction of sp³-hybridized carbons (Fsp3) is 0.500. The molecule has 1 aromatic rings. The Kier molecular flexibility index (Phi) is 2.67. The summed E-state index contributed by atoms with van der Waals surface area (Å²) < 4.78 is 17.3. The first-order chi connectivity index (χ1) is 5.55. The molecule has 6 heteroatoms. The van der Waals surface area contributed by atoms with Crippen LogP contribution in [0.2, 0.25) is 0 Å². The van der Waals surface area contributed by atoms with E-state index < -0.39 is 7.37 Å². The highest BCUT2D eigenvalue weighted by atomic mass is 31.2. The molecule has 0 saturated carbocycles. The summed E-state index contributed by atoms with van der Waals surface area (Å²) in [5.74, 6) is 0. The highest BCUT2D eigenvalue weighted by Crippen LogP contribution is 2.26. The zero-order chi connectivity index (χ0) is 9.19. The predicted molar refractivity (Wildman–Crippen MR) is 42.4 cm³/mol. The van der Waals surface area contributed by atoms with E-state index in [0.29, 0.717) is 0 Å². The van der Waals surface area contributed by atoms with Gasteiger partial charge in [-0.2, -0.15) is 0 Å². The first-order valence-corrected chi connectivity index (χ1v) is 5.42. The molecule has 0 aliphatic carbocycles. The van der Waals surface area contributed by atoms with Gasteiger partial charge in [0, 0.05) is 19.5 Å². The van der Waals surface area contributed by atoms with Crippen LogP contribution in [0.4, 0.5) is 0 Å². The number of methoxy groups -OCH3 is 1. The molecule has 0 fully saturated rings. The predicted octanol–water partition coefficient (Wildman–Crippen LogP) is -0.620. The van der Waals surface area contributed by atoms with Crippen LogP contribution in [0.25, 0.3) is 0 Å². The quantitative estimate of drug-likeness (QED) is 0.594. The molecule has 0 aromatic carbocycles. The lowest BCUT2D eigenvalue weighted by molar-refractivity contribution is -0.170. The van der Waals surface area contributed by atoms with Crippen molar-refractivity contribution in [3.05, 3.63) is 12.4 Å². The van der Waals surface area contributed by atoms with Crippen molar-refractivity contribution in [3.63, 3.8) is 0 Å². The van der Waals surface area contributed by atoms with E-state index in [1.54, 1.807) is 6.20 Å². The van der Waals surface area contributed by atoms with Crippen LogP contribution in [0.3, 0.4) is 0 Å². The first-order valence-electron chi connectivity index (χ1n) is 3.35. The zero-order valence-corrected chi connectivity index (χ0v) is 7.82. The lowest BCUT2D eigenvalue weighted by Gasteiger charge is -2.17. The highest BCUT2D eigenvalue weighted by molar-refractivity contribution is 7.63. The molecule has 0 bridgehead atoms. The van der Waals surface area contributed by atoms with Crippen molar-refractivity contribution < 1.29 is 14.2 Å². The Morgan fingerprint density at radius 2 is 2.50 bits per heavy atom. The van der Waals surface area contributed by atoms with E-state index in [1.165, 1.54) is 17.9 Å². The van der Waals surface area contributed by atoms with Crippen molar-refractivity contribution in [1.82, 2.24) is 9.55 Å². The number of aromatic nitrogens is 2. The van der Waals surface area contributed by atoms with Crippen LogP contribution in [0.5, 0.6) is 0 Å². The van der Waals surface area contributed by atoms with Crippen LogP contribution in [0.1, 0.15) is 0 Å². The molecule has 0 N–H and O–H groups in total. The fourth-order valence-corrected chi connectivity index (χ4v) is 1.77. The van der Waals surface area contributed by atoms with Gasteiger partial charge in [-0.25, -0.2) is 4.98 Å². The van der Waals surface area contributed by atoms with E-state index in [0.717, 1.165) is 6.66 Å². The van der Waals surface area contributed by atoms with Crippen LogP contribution in [-0.4, -0.2) is 23.3 Å². The van der Waals surface area contributed by atoms with Crippen LogP contribution >= 0.6 is 7.37 Å². The Morgan fingerprint density at radius 1 is 1.83 bits per heavy atom. The lowest BCUT2D eigenvalue weighted by Crippen LogP contribution is -2.25. The summed E-state index contributed by atoms with van der Waals surface area (Å²) in [5.41, 5.74) is 0.0596. The monoisotopic (exact) mass is 189 g/mol. The molecule has 1 rings (SSSR count). The second kappa shape index (κ2) is 3.39. The molecule has 5 nitrogen and oxygen atoms in total. The third-order valence-corrected chi connectivity index (χ3v) is 2.42. The largest absolute Gasteiger partial charge is 0.794 e. The first kappa shape index (κ1) is 9.45. The third kappa shape index (κ3) is 1.94. The summed E-state index contributed by atoms with van der Waals surface area (Å²) in [4.78, 5) is 14.8. The minimum Gasteiger partial charge on any atom is -0.794 e. The number of hydrogen-bond acceptors (Lipinski definition) is 4. The van der Waals surface area contributed by atoms with Gasteiger partial charge in [-0.1, -0.05) is 0 Å². The normalized spacial score (nSPS) is 15.9. The Hall–Kier alpha value is -0.640. The summed E-state index contributed by atoms with van der Waals surface area (Å²) in [6, 6.07) is 0. The molecule has 1 atom stereocenters. The topological polar surface area (TPSA) is 67.2 Å². The molecular formula is C6H10N2O3P-. The van der Waals surface area contributed by atoms with Crippen LogP contribution in [0, 0.1) is 0 Å². The number of hydrogen-bond donors (Lipinski definition) is 0. The highest BCUT2D eigenvalue weighted by Gasteiger charge is 2.10. The Labute approximate surface area is 70.4 Å². The van der Waals surface area contributed by atoms with Crippen molar-refractivity contribution >= 4 is 12.9 Å². The van der Waals surface area contributed by atoms with E-state index in [4.69, 9.17) is 4.74 Å². The molecule has 1 heterocycles. The van der Waals surface area contributed by atoms with E-state index in [9.17, 15) is 9.46 Å². The van der Waals surface area contributed by atoms with Gasteiger partial charge in [-0.05, 0) is 6.66 Å². The summed E-state index contributed by atoms with van der Waals surface area (Å²) in [5, 5.41) is 0. The Morgan fingerprint density at radius 3 is 3.00 bits per heavy atom. The van der Waals surface area contributed by atoms with E-state index in [1.807, 2.05) is 0 Å². The van der Waals surface area contributed by atoms with Crippen molar-refractivity contribution in [3.8, 4) is 0 Å². The fourth-order valence-electron chi connectivity index (χ4n) is 0.899. The van der Waals surface area contributed by atoms with Crippen LogP contribution < -0.4 is 10.5 Å². The maximum absolute atomic E-state index is 11.1. The molecule has 0 saturated heterocycles. The van der Waals surface area contributed by atoms with Crippen molar-refractivity contribution in [1.29, 1.82) is 0 Å². The van der Waals surface area contributed by atoms with Crippen LogP contribution in [-0.2, 0) is 16.0 Å². The smallest absolute Gasteiger partial charge is 0.156 e. The van der Waals surface area contributed by atoms with Gasteiger partial charge in [0.15, 0.2) is 5.57 Å². The van der Waals surface area contributed by atoms with Gasteiger partial charge in [0.05, 0.1) is 7.37 Å². The molecule has 1 unspecified atom stereocenters. The SMILES string of the molecule is COCn1ccnc1P(C)(=O)[O-]. The third-order valence-electron chi connectivity index (χ3n) is 1.32. The molecule has 68 valence electrons. The lowest BCUT2D eigenvalue weighted by atomic mass is 10.9. The number of nitrogens with zero attached hydrogens (tertiary/aromatic N) is 2. The maximum Gasteiger partial charge on any atom is 0.156 e. The van der Waals surface area contributed by atoms with Crippen molar-refractivity contribution in [2.45, 2.75) is 6.73 Å². The van der Waals surface area contributed by atoms with Gasteiger partial charge in [0.2, 0.25) is 0 Å². The average Bonchev–Trinajstić information content (AvgIpc) is 2.34. The maximum atomic E-state index is 11.1. The minimum absolute atomic E-state index is 0.0596. The number of imidazole rings is 1. The molecule has 0 radical (unpaired) electrons. The Balaban J connectivity index is 2.99. The summed E-state index contributed by atoms with van der Waals surface area (Å²) in [6.45, 7) is 1.34. The summed E-state index contributed by atoms with van der Waals surface area (Å²) in [7, 11) is -2.02. The van der Waals surface area contributed by atoms with Crippen LogP contribution in [0.15, 0.2) is 12.4 Å². The van der Waals surface area contributed by atoms with Gasteiger partial charge in [-0.3, -0.25) is 0 Å². The molecule has 0 amide bonds. The second-order valence-corrected chi connectivity index (χ2v) is 4.55. The second-order valence-electron chi connectivity index (χ2n) is 2.46. The minimum atomic E-state index is -3.52. The Bertz CT molecular complexity index is 303. The summed E-state index contributed by atoms with van der Waals surface area (Å²) in [6.07, 6.45) is 3.00. The van der Waals surface area contributed by atoms with E-state index in [-0.39, 0.29) is 12.3 Å². The van der Waals surface area contributed by atoms with Gasteiger partial charge in [0.25, 0.3) is 0 Å². The standard InChI is InChI=1S/C6H11N2O3P/c1-11-5-8-4-3-7-6(8)12(2,9)10/h3-4H,5H2,1-2H3,(H,9,10)/p-1. The van der Waals surface area contributed by atoms with E-state index >= 15 is 0 Å². The average molecular weight is 189 g/mol. The number of rotatable bonds is 3. The van der Waals surface area contributed by atoms with Gasteiger partial charge in [-0.15, -0.1) is 0 Å². The van der Waals surface area contributed by atoms with Gasteiger partial charge < -0.3 is 18.8 Å². The van der Waals surface area contributed by atoms with Crippen molar-refractivity contribution in [2.75, 3.05) is 13.8 Å². The van der Waals surface area contributed by atoms with Crippen molar-refractivity contribution in [2.24, 2.45) is 0 Å². The number of ether oxygens (including phenoxy) is 1. The zero-order valence-electron chi connectivity index (χ0n) is 6.93. The van der Waals surface area contributed by atoms with Gasteiger partial charge in [0.1, 0.15) is 6.73 Å². The molecule has 1 aromatic heterocycles. The molecule has 12 heavy (non-hydrogen) atoms. The molecule has 0 spiro atoms. The summed E-state index contributed by atoms with van der Waals surface area (Å²) >= 11 is 0. The molecular weight excluding hydrogens is 179 g/mol.